The van der Waals surface area contributed by atoms with Crippen molar-refractivity contribution in [2.75, 3.05) is 21.3 Å². The molecule has 116 valence electrons. The van der Waals surface area contributed by atoms with Crippen LogP contribution in [0.4, 0.5) is 0 Å². The molecule has 20 heavy (non-hydrogen) atoms. The third kappa shape index (κ3) is 3.88. The summed E-state index contributed by atoms with van der Waals surface area (Å²) in [5, 5.41) is 0. The Bertz CT molecular complexity index is 333. The van der Waals surface area contributed by atoms with Gasteiger partial charge in [-0.1, -0.05) is 13.3 Å². The molecule has 6 nitrogen and oxygen atoms in total. The Hall–Kier alpha value is -0.763. The molecule has 0 radical (unpaired) electrons. The van der Waals surface area contributed by atoms with Gasteiger partial charge in [-0.15, -0.1) is 0 Å². The van der Waals surface area contributed by atoms with Crippen LogP contribution < -0.4 is 0 Å². The fraction of sp³-hybridized carbons (Fsp3) is 0.846. The summed E-state index contributed by atoms with van der Waals surface area (Å²) < 4.78 is 21.1. The molecule has 1 saturated heterocycles. The fourth-order valence-electron chi connectivity index (χ4n) is 2.74. The predicted octanol–water partition coefficient (Wildman–Crippen LogP) is 1.90. The number of ether oxygens (including phenoxy) is 1. The summed E-state index contributed by atoms with van der Waals surface area (Å²) in [7, 11) is 2.06. The van der Waals surface area contributed by atoms with Crippen molar-refractivity contribution in [2.24, 2.45) is 5.92 Å². The van der Waals surface area contributed by atoms with Crippen LogP contribution in [0.25, 0.3) is 0 Å². The van der Waals surface area contributed by atoms with Gasteiger partial charge in [0.1, 0.15) is 0 Å². The maximum Gasteiger partial charge on any atom is 0.503 e. The van der Waals surface area contributed by atoms with Crippen LogP contribution in [0.15, 0.2) is 0 Å². The van der Waals surface area contributed by atoms with Crippen molar-refractivity contribution in [1.82, 2.24) is 0 Å². The average molecular weight is 304 g/mol. The highest BCUT2D eigenvalue weighted by Crippen LogP contribution is 2.35. The number of hydrogen-bond donors (Lipinski definition) is 0. The first-order valence-corrected chi connectivity index (χ1v) is 8.73. The van der Waals surface area contributed by atoms with E-state index in [4.69, 9.17) is 13.3 Å². The Balaban J connectivity index is 2.67. The van der Waals surface area contributed by atoms with Crippen LogP contribution in [-0.2, 0) is 27.6 Å². The predicted molar refractivity (Wildman–Crippen MR) is 73.9 cm³/mol. The van der Waals surface area contributed by atoms with Gasteiger partial charge in [0.25, 0.3) is 0 Å². The lowest BCUT2D eigenvalue weighted by Crippen LogP contribution is -2.47. The maximum absolute atomic E-state index is 11.5. The first-order valence-electron chi connectivity index (χ1n) is 6.92. The second-order valence-corrected chi connectivity index (χ2v) is 8.22. The number of rotatable bonds is 9. The maximum atomic E-state index is 11.5. The van der Waals surface area contributed by atoms with E-state index < -0.39 is 20.7 Å². The van der Waals surface area contributed by atoms with Gasteiger partial charge in [-0.3, -0.25) is 9.59 Å². The number of cyclic esters (lactones) is 2. The van der Waals surface area contributed by atoms with Gasteiger partial charge in [-0.25, -0.2) is 0 Å². The van der Waals surface area contributed by atoms with Crippen LogP contribution in [0.1, 0.15) is 39.0 Å². The van der Waals surface area contributed by atoms with Gasteiger partial charge in [0.15, 0.2) is 0 Å². The molecule has 1 fully saturated rings. The summed E-state index contributed by atoms with van der Waals surface area (Å²) in [6.45, 7) is 2.08. The molecule has 2 unspecified atom stereocenters. The average Bonchev–Trinajstić information content (AvgIpc) is 2.76. The first kappa shape index (κ1) is 17.3. The van der Waals surface area contributed by atoms with Crippen molar-refractivity contribution in [3.63, 3.8) is 0 Å². The molecule has 0 N–H and O–H groups in total. The molecule has 0 bridgehead atoms. The van der Waals surface area contributed by atoms with Gasteiger partial charge >= 0.3 is 20.7 Å². The molecule has 7 heteroatoms. The molecule has 0 aromatic rings. The largest absolute Gasteiger partial charge is 0.503 e. The van der Waals surface area contributed by atoms with E-state index in [0.717, 1.165) is 19.3 Å². The molecular formula is C13H24O6Si. The van der Waals surface area contributed by atoms with Crippen molar-refractivity contribution in [1.29, 1.82) is 0 Å². The van der Waals surface area contributed by atoms with E-state index in [9.17, 15) is 9.59 Å². The van der Waals surface area contributed by atoms with E-state index in [1.54, 1.807) is 21.3 Å². The lowest BCUT2D eigenvalue weighted by Gasteiger charge is -2.32. The number of esters is 2. The number of hydrogen-bond acceptors (Lipinski definition) is 6. The minimum Gasteiger partial charge on any atom is -0.393 e. The monoisotopic (exact) mass is 304 g/mol. The topological polar surface area (TPSA) is 71.1 Å². The van der Waals surface area contributed by atoms with Gasteiger partial charge in [0.05, 0.1) is 12.3 Å². The van der Waals surface area contributed by atoms with Crippen LogP contribution in [0, 0.1) is 5.92 Å². The van der Waals surface area contributed by atoms with Crippen LogP contribution in [0.2, 0.25) is 5.54 Å². The molecular weight excluding hydrogens is 280 g/mol. The smallest absolute Gasteiger partial charge is 0.393 e. The summed E-state index contributed by atoms with van der Waals surface area (Å²) in [6, 6.07) is 0. The second-order valence-electron chi connectivity index (χ2n) is 4.97. The molecule has 2 atom stereocenters. The summed E-state index contributed by atoms with van der Waals surface area (Å²) >= 11 is 0. The molecule has 0 aromatic carbocycles. The van der Waals surface area contributed by atoms with Crippen LogP contribution in [0.5, 0.6) is 0 Å². The van der Waals surface area contributed by atoms with E-state index in [1.165, 1.54) is 0 Å². The molecule has 1 rings (SSSR count). The van der Waals surface area contributed by atoms with E-state index in [1.807, 2.05) is 0 Å². The highest BCUT2D eigenvalue weighted by molar-refractivity contribution is 6.62. The minimum atomic E-state index is -2.72. The molecule has 0 saturated carbocycles. The van der Waals surface area contributed by atoms with E-state index in [2.05, 4.69) is 11.7 Å². The Morgan fingerprint density at radius 3 is 2.20 bits per heavy atom. The van der Waals surface area contributed by atoms with E-state index in [-0.39, 0.29) is 17.9 Å². The molecule has 0 aromatic heterocycles. The number of carbonyl (C=O) groups excluding carboxylic acids is 2. The molecule has 1 heterocycles. The fourth-order valence-corrected chi connectivity index (χ4v) is 5.40. The summed E-state index contributed by atoms with van der Waals surface area (Å²) in [5.74, 6) is -1.18. The Morgan fingerprint density at radius 2 is 1.80 bits per heavy atom. The van der Waals surface area contributed by atoms with E-state index in [0.29, 0.717) is 6.42 Å². The highest BCUT2D eigenvalue weighted by Gasteiger charge is 2.47. The molecule has 0 aliphatic carbocycles. The Labute approximate surface area is 121 Å². The summed E-state index contributed by atoms with van der Waals surface area (Å²) in [6.07, 6.45) is 3.38. The molecule has 0 amide bonds. The third-order valence-corrected chi connectivity index (χ3v) is 7.10. The summed E-state index contributed by atoms with van der Waals surface area (Å²) in [4.78, 5) is 22.6. The second kappa shape index (κ2) is 7.87. The lowest BCUT2D eigenvalue weighted by molar-refractivity contribution is -0.153. The van der Waals surface area contributed by atoms with Crippen molar-refractivity contribution in [3.05, 3.63) is 0 Å². The Morgan fingerprint density at radius 1 is 1.20 bits per heavy atom. The van der Waals surface area contributed by atoms with Gasteiger partial charge in [-0.2, -0.15) is 0 Å². The van der Waals surface area contributed by atoms with E-state index >= 15 is 0 Å². The quantitative estimate of drug-likeness (QED) is 0.368. The van der Waals surface area contributed by atoms with Gasteiger partial charge in [0.2, 0.25) is 0 Å². The van der Waals surface area contributed by atoms with Crippen molar-refractivity contribution in [3.8, 4) is 0 Å². The molecule has 1 aliphatic rings. The SMILES string of the molecule is CCCC(CCC1CC(=O)OC1=O)[Si](OC)(OC)OC. The van der Waals surface area contributed by atoms with Gasteiger partial charge < -0.3 is 18.0 Å². The first-order chi connectivity index (χ1) is 9.52. The normalized spacial score (nSPS) is 21.1. The molecule has 1 aliphatic heterocycles. The van der Waals surface area contributed by atoms with Crippen molar-refractivity contribution >= 4 is 20.7 Å². The standard InChI is InChI=1S/C13H24O6Si/c1-5-6-11(20(16-2,17-3)18-4)8-7-10-9-12(14)19-13(10)15/h10-11H,5-9H2,1-4H3. The molecule has 0 spiro atoms. The number of carbonyl (C=O) groups is 2. The highest BCUT2D eigenvalue weighted by atomic mass is 28.4. The minimum absolute atomic E-state index is 0.121. The van der Waals surface area contributed by atoms with Crippen LogP contribution in [-0.4, -0.2) is 42.1 Å². The zero-order chi connectivity index (χ0) is 15.2. The van der Waals surface area contributed by atoms with Crippen molar-refractivity contribution in [2.45, 2.75) is 44.6 Å². The van der Waals surface area contributed by atoms with Gasteiger partial charge in [0, 0.05) is 26.9 Å². The Kier molecular flexibility index (Phi) is 6.80. The van der Waals surface area contributed by atoms with Crippen LogP contribution >= 0.6 is 0 Å². The summed E-state index contributed by atoms with van der Waals surface area (Å²) in [5.41, 5.74) is 0.121. The van der Waals surface area contributed by atoms with Crippen molar-refractivity contribution < 1.29 is 27.6 Å². The third-order valence-electron chi connectivity index (χ3n) is 3.82. The zero-order valence-electron chi connectivity index (χ0n) is 12.6. The lowest BCUT2D eigenvalue weighted by atomic mass is 9.99. The van der Waals surface area contributed by atoms with Gasteiger partial charge in [-0.05, 0) is 19.3 Å². The van der Waals surface area contributed by atoms with Crippen LogP contribution in [0.3, 0.4) is 0 Å². The zero-order valence-corrected chi connectivity index (χ0v) is 13.6.